The average Bonchev–Trinajstić information content (AvgIpc) is 2.46. The number of nitrogens with one attached hydrogen (secondary N) is 1. The molecule has 1 N–H and O–H groups in total. The lowest BCUT2D eigenvalue weighted by Gasteiger charge is -2.31. The van der Waals surface area contributed by atoms with Gasteiger partial charge in [0.1, 0.15) is 0 Å². The van der Waals surface area contributed by atoms with Crippen LogP contribution in [-0.2, 0) is 16.2 Å². The Morgan fingerprint density at radius 1 is 1.25 bits per heavy atom. The molecule has 1 aliphatic heterocycles. The van der Waals surface area contributed by atoms with Crippen molar-refractivity contribution < 1.29 is 21.6 Å². The number of piperidine rings is 1. The van der Waals surface area contributed by atoms with Gasteiger partial charge in [-0.15, -0.1) is 12.4 Å². The lowest BCUT2D eigenvalue weighted by molar-refractivity contribution is -0.137. The van der Waals surface area contributed by atoms with Gasteiger partial charge >= 0.3 is 6.18 Å². The first-order valence-corrected chi connectivity index (χ1v) is 8.99. The summed E-state index contributed by atoms with van der Waals surface area (Å²) in [5.41, 5.74) is -1.06. The van der Waals surface area contributed by atoms with Crippen LogP contribution in [0.5, 0.6) is 0 Å². The zero-order chi connectivity index (χ0) is 17.3. The second-order valence-electron chi connectivity index (χ2n) is 5.58. The number of rotatable bonds is 4. The third-order valence-electron chi connectivity index (χ3n) is 3.90. The maximum Gasteiger partial charge on any atom is 0.416 e. The van der Waals surface area contributed by atoms with Crippen molar-refractivity contribution in [3.8, 4) is 0 Å². The summed E-state index contributed by atoms with van der Waals surface area (Å²) in [5.74, 6) is 0.372. The highest BCUT2D eigenvalue weighted by molar-refractivity contribution is 7.89. The SMILES string of the molecule is CNCC1CCN(S(=O)(=O)c2cc(Cl)cc(C(F)(F)F)c2)CC1.Cl. The van der Waals surface area contributed by atoms with E-state index in [1.54, 1.807) is 0 Å². The monoisotopic (exact) mass is 406 g/mol. The quantitative estimate of drug-likeness (QED) is 0.833. The second kappa shape index (κ2) is 8.23. The Morgan fingerprint density at radius 2 is 1.83 bits per heavy atom. The fourth-order valence-corrected chi connectivity index (χ4v) is 4.51. The van der Waals surface area contributed by atoms with Crippen LogP contribution in [0, 0.1) is 5.92 Å². The molecule has 0 bridgehead atoms. The molecular weight excluding hydrogens is 388 g/mol. The molecule has 1 saturated heterocycles. The number of hydrogen-bond acceptors (Lipinski definition) is 3. The topological polar surface area (TPSA) is 49.4 Å². The van der Waals surface area contributed by atoms with E-state index in [0.29, 0.717) is 37.9 Å². The van der Waals surface area contributed by atoms with Gasteiger partial charge in [-0.05, 0) is 50.6 Å². The van der Waals surface area contributed by atoms with Crippen LogP contribution in [0.15, 0.2) is 23.1 Å². The van der Waals surface area contributed by atoms with E-state index in [0.717, 1.165) is 18.7 Å². The van der Waals surface area contributed by atoms with Crippen molar-refractivity contribution in [2.45, 2.75) is 23.9 Å². The third kappa shape index (κ3) is 4.98. The molecule has 0 aromatic heterocycles. The van der Waals surface area contributed by atoms with Gasteiger partial charge in [0, 0.05) is 18.1 Å². The standard InChI is InChI=1S/C14H18ClF3N2O2S.ClH/c1-19-9-10-2-4-20(5-3-10)23(21,22)13-7-11(14(16,17)18)6-12(15)8-13;/h6-8,10,19H,2-5,9H2,1H3;1H. The molecule has 0 amide bonds. The smallest absolute Gasteiger partial charge is 0.319 e. The molecule has 1 heterocycles. The number of hydrogen-bond donors (Lipinski definition) is 1. The summed E-state index contributed by atoms with van der Waals surface area (Å²) in [4.78, 5) is -0.413. The van der Waals surface area contributed by atoms with E-state index >= 15 is 0 Å². The minimum absolute atomic E-state index is 0. The van der Waals surface area contributed by atoms with Crippen LogP contribution in [0.2, 0.25) is 5.02 Å². The highest BCUT2D eigenvalue weighted by Crippen LogP contribution is 2.34. The largest absolute Gasteiger partial charge is 0.416 e. The molecule has 24 heavy (non-hydrogen) atoms. The van der Waals surface area contributed by atoms with Crippen molar-refractivity contribution in [1.29, 1.82) is 0 Å². The summed E-state index contributed by atoms with van der Waals surface area (Å²) < 4.78 is 64.9. The highest BCUT2D eigenvalue weighted by atomic mass is 35.5. The lowest BCUT2D eigenvalue weighted by atomic mass is 9.98. The molecule has 138 valence electrons. The van der Waals surface area contributed by atoms with Crippen molar-refractivity contribution in [3.63, 3.8) is 0 Å². The normalized spacial score (nSPS) is 17.5. The molecule has 1 aromatic carbocycles. The first kappa shape index (κ1) is 21.5. The number of sulfonamides is 1. The molecule has 0 radical (unpaired) electrons. The molecule has 1 fully saturated rings. The van der Waals surface area contributed by atoms with Crippen molar-refractivity contribution >= 4 is 34.0 Å². The molecule has 1 aliphatic rings. The number of benzene rings is 1. The van der Waals surface area contributed by atoms with Crippen molar-refractivity contribution in [1.82, 2.24) is 9.62 Å². The Labute approximate surface area is 150 Å². The van der Waals surface area contributed by atoms with Gasteiger partial charge in [-0.2, -0.15) is 17.5 Å². The van der Waals surface area contributed by atoms with Gasteiger partial charge in [-0.3, -0.25) is 0 Å². The summed E-state index contributed by atoms with van der Waals surface area (Å²) in [6, 6.07) is 2.42. The van der Waals surface area contributed by atoms with Crippen molar-refractivity contribution in [2.24, 2.45) is 5.92 Å². The van der Waals surface area contributed by atoms with E-state index in [9.17, 15) is 21.6 Å². The van der Waals surface area contributed by atoms with Crippen LogP contribution in [0.4, 0.5) is 13.2 Å². The summed E-state index contributed by atoms with van der Waals surface area (Å²) in [6.07, 6.45) is -3.30. The molecule has 1 aromatic rings. The molecule has 0 unspecified atom stereocenters. The Hall–Kier alpha value is -0.540. The van der Waals surface area contributed by atoms with Gasteiger partial charge in [-0.1, -0.05) is 11.6 Å². The fourth-order valence-electron chi connectivity index (χ4n) is 2.67. The summed E-state index contributed by atoms with van der Waals surface area (Å²) in [6.45, 7) is 1.38. The molecule has 0 aliphatic carbocycles. The van der Waals surface area contributed by atoms with E-state index in [4.69, 9.17) is 11.6 Å². The molecule has 0 saturated carbocycles. The minimum Gasteiger partial charge on any atom is -0.319 e. The van der Waals surface area contributed by atoms with E-state index < -0.39 is 26.7 Å². The van der Waals surface area contributed by atoms with Crippen LogP contribution in [0.3, 0.4) is 0 Å². The predicted molar refractivity (Wildman–Crippen MR) is 89.1 cm³/mol. The Bertz CT molecular complexity index is 660. The number of alkyl halides is 3. The van der Waals surface area contributed by atoms with Crippen LogP contribution < -0.4 is 5.32 Å². The minimum atomic E-state index is -4.64. The van der Waals surface area contributed by atoms with Gasteiger partial charge in [0.05, 0.1) is 10.5 Å². The summed E-state index contributed by atoms with van der Waals surface area (Å²) in [7, 11) is -2.15. The Kier molecular flexibility index (Phi) is 7.37. The maximum atomic E-state index is 12.8. The summed E-state index contributed by atoms with van der Waals surface area (Å²) in [5, 5.41) is 2.80. The van der Waals surface area contributed by atoms with E-state index in [1.165, 1.54) is 4.31 Å². The first-order chi connectivity index (χ1) is 10.6. The average molecular weight is 407 g/mol. The summed E-state index contributed by atoms with van der Waals surface area (Å²) >= 11 is 5.67. The molecular formula is C14H19Cl2F3N2O2S. The van der Waals surface area contributed by atoms with E-state index in [2.05, 4.69) is 5.32 Å². The molecule has 0 spiro atoms. The third-order valence-corrected chi connectivity index (χ3v) is 6.00. The zero-order valence-corrected chi connectivity index (χ0v) is 15.3. The maximum absolute atomic E-state index is 12.8. The molecule has 4 nitrogen and oxygen atoms in total. The number of nitrogens with zero attached hydrogens (tertiary/aromatic N) is 1. The Morgan fingerprint density at radius 3 is 2.33 bits per heavy atom. The predicted octanol–water partition coefficient (Wildman–Crippen LogP) is 3.40. The zero-order valence-electron chi connectivity index (χ0n) is 12.9. The van der Waals surface area contributed by atoms with E-state index in [-0.39, 0.29) is 17.4 Å². The van der Waals surface area contributed by atoms with Gasteiger partial charge in [0.2, 0.25) is 10.0 Å². The first-order valence-electron chi connectivity index (χ1n) is 7.17. The van der Waals surface area contributed by atoms with Gasteiger partial charge < -0.3 is 5.32 Å². The van der Waals surface area contributed by atoms with E-state index in [1.807, 2.05) is 7.05 Å². The highest BCUT2D eigenvalue weighted by Gasteiger charge is 2.34. The van der Waals surface area contributed by atoms with Crippen LogP contribution in [-0.4, -0.2) is 39.4 Å². The second-order valence-corrected chi connectivity index (χ2v) is 7.95. The lowest BCUT2D eigenvalue weighted by Crippen LogP contribution is -2.40. The fraction of sp³-hybridized carbons (Fsp3) is 0.571. The Balaban J connectivity index is 0.00000288. The van der Waals surface area contributed by atoms with Gasteiger partial charge in [0.25, 0.3) is 0 Å². The van der Waals surface area contributed by atoms with Crippen LogP contribution in [0.1, 0.15) is 18.4 Å². The van der Waals surface area contributed by atoms with Gasteiger partial charge in [-0.25, -0.2) is 8.42 Å². The van der Waals surface area contributed by atoms with Crippen molar-refractivity contribution in [2.75, 3.05) is 26.7 Å². The van der Waals surface area contributed by atoms with Gasteiger partial charge in [0.15, 0.2) is 0 Å². The van der Waals surface area contributed by atoms with Crippen LogP contribution in [0.25, 0.3) is 0 Å². The molecule has 0 atom stereocenters. The molecule has 10 heteroatoms. The molecule has 2 rings (SSSR count). The van der Waals surface area contributed by atoms with Crippen molar-refractivity contribution in [3.05, 3.63) is 28.8 Å². The number of halogens is 5. The van der Waals surface area contributed by atoms with Crippen LogP contribution >= 0.6 is 24.0 Å².